The van der Waals surface area contributed by atoms with Crippen LogP contribution in [-0.4, -0.2) is 19.1 Å². The number of rotatable bonds is 9. The molecule has 0 aliphatic rings. The van der Waals surface area contributed by atoms with Crippen LogP contribution in [0.5, 0.6) is 17.2 Å². The van der Waals surface area contributed by atoms with Crippen LogP contribution in [0.25, 0.3) is 6.08 Å². The highest BCUT2D eigenvalue weighted by Crippen LogP contribution is 2.28. The smallest absolute Gasteiger partial charge is 0.266 e. The van der Waals surface area contributed by atoms with Gasteiger partial charge in [0.15, 0.2) is 0 Å². The van der Waals surface area contributed by atoms with Crippen LogP contribution in [0.1, 0.15) is 25.0 Å². The first kappa shape index (κ1) is 24.9. The summed E-state index contributed by atoms with van der Waals surface area (Å²) in [5, 5.41) is 12.3. The van der Waals surface area contributed by atoms with E-state index < -0.39 is 5.91 Å². The fraction of sp³-hybridized carbons (Fsp3) is 0.185. The molecule has 0 unspecified atom stereocenters. The summed E-state index contributed by atoms with van der Waals surface area (Å²) in [6, 6.07) is 22.1. The zero-order valence-electron chi connectivity index (χ0n) is 19.2. The number of carbonyl (C=O) groups excluding carboxylic acids is 1. The van der Waals surface area contributed by atoms with E-state index in [9.17, 15) is 10.1 Å². The molecule has 1 amide bonds. The third-order valence-electron chi connectivity index (χ3n) is 4.68. The van der Waals surface area contributed by atoms with Gasteiger partial charge in [-0.15, -0.1) is 0 Å². The quantitative estimate of drug-likeness (QED) is 0.262. The Morgan fingerprint density at radius 1 is 1.06 bits per heavy atom. The van der Waals surface area contributed by atoms with Gasteiger partial charge in [0.2, 0.25) is 0 Å². The minimum absolute atomic E-state index is 0.0469. The highest BCUT2D eigenvalue weighted by Gasteiger charge is 2.13. The second-order valence-electron chi connectivity index (χ2n) is 7.63. The molecule has 0 bridgehead atoms. The van der Waals surface area contributed by atoms with Gasteiger partial charge in [-0.3, -0.25) is 4.79 Å². The van der Waals surface area contributed by atoms with E-state index in [0.717, 1.165) is 10.0 Å². The fourth-order valence-electron chi connectivity index (χ4n) is 3.00. The summed E-state index contributed by atoms with van der Waals surface area (Å²) in [4.78, 5) is 12.7. The van der Waals surface area contributed by atoms with Gasteiger partial charge in [-0.1, -0.05) is 28.1 Å². The Morgan fingerprint density at radius 3 is 2.35 bits per heavy atom. The minimum Gasteiger partial charge on any atom is -0.497 e. The van der Waals surface area contributed by atoms with Gasteiger partial charge in [0.05, 0.1) is 13.2 Å². The normalized spacial score (nSPS) is 11.0. The zero-order chi connectivity index (χ0) is 24.5. The summed E-state index contributed by atoms with van der Waals surface area (Å²) in [5.74, 6) is 1.31. The van der Waals surface area contributed by atoms with E-state index in [4.69, 9.17) is 14.2 Å². The Hall–Kier alpha value is -3.76. The van der Waals surface area contributed by atoms with Crippen molar-refractivity contribution >= 4 is 33.6 Å². The first-order valence-corrected chi connectivity index (χ1v) is 11.4. The van der Waals surface area contributed by atoms with E-state index in [1.807, 2.05) is 44.2 Å². The lowest BCUT2D eigenvalue weighted by Gasteiger charge is -2.14. The van der Waals surface area contributed by atoms with Crippen molar-refractivity contribution in [2.24, 2.45) is 0 Å². The lowest BCUT2D eigenvalue weighted by atomic mass is 10.1. The predicted octanol–water partition coefficient (Wildman–Crippen LogP) is 6.37. The van der Waals surface area contributed by atoms with Gasteiger partial charge < -0.3 is 19.5 Å². The van der Waals surface area contributed by atoms with Gasteiger partial charge >= 0.3 is 0 Å². The highest BCUT2D eigenvalue weighted by atomic mass is 79.9. The molecule has 34 heavy (non-hydrogen) atoms. The lowest BCUT2D eigenvalue weighted by molar-refractivity contribution is -0.112. The molecule has 174 valence electrons. The Bertz CT molecular complexity index is 1200. The van der Waals surface area contributed by atoms with Crippen molar-refractivity contribution in [2.75, 3.05) is 12.4 Å². The first-order valence-electron chi connectivity index (χ1n) is 10.6. The number of anilines is 1. The first-order chi connectivity index (χ1) is 16.4. The average molecular weight is 521 g/mol. The van der Waals surface area contributed by atoms with E-state index in [0.29, 0.717) is 35.1 Å². The third-order valence-corrected chi connectivity index (χ3v) is 5.21. The summed E-state index contributed by atoms with van der Waals surface area (Å²) in [6.45, 7) is 4.23. The zero-order valence-corrected chi connectivity index (χ0v) is 20.8. The van der Waals surface area contributed by atoms with Crippen molar-refractivity contribution in [1.29, 1.82) is 5.26 Å². The van der Waals surface area contributed by atoms with Crippen LogP contribution in [0.2, 0.25) is 0 Å². The molecule has 0 spiro atoms. The maximum Gasteiger partial charge on any atom is 0.266 e. The molecule has 3 rings (SSSR count). The Kier molecular flexibility index (Phi) is 8.72. The minimum atomic E-state index is -0.516. The lowest BCUT2D eigenvalue weighted by Crippen LogP contribution is -2.13. The molecule has 3 aromatic rings. The molecule has 0 aliphatic heterocycles. The van der Waals surface area contributed by atoms with Gasteiger partial charge in [0.1, 0.15) is 35.5 Å². The average Bonchev–Trinajstić information content (AvgIpc) is 2.83. The molecule has 0 radical (unpaired) electrons. The molecule has 6 nitrogen and oxygen atoms in total. The molecule has 1 N–H and O–H groups in total. The second-order valence-corrected chi connectivity index (χ2v) is 8.55. The van der Waals surface area contributed by atoms with Crippen molar-refractivity contribution in [3.05, 3.63) is 87.9 Å². The van der Waals surface area contributed by atoms with Crippen LogP contribution in [-0.2, 0) is 11.4 Å². The summed E-state index contributed by atoms with van der Waals surface area (Å²) >= 11 is 3.41. The molecule has 0 heterocycles. The number of nitrogens with one attached hydrogen (secondary N) is 1. The molecule has 0 aromatic heterocycles. The molecule has 3 aromatic carbocycles. The van der Waals surface area contributed by atoms with E-state index in [1.165, 1.54) is 6.08 Å². The fourth-order valence-corrected chi connectivity index (χ4v) is 3.27. The van der Waals surface area contributed by atoms with Gasteiger partial charge in [-0.25, -0.2) is 0 Å². The van der Waals surface area contributed by atoms with Crippen molar-refractivity contribution in [1.82, 2.24) is 0 Å². The van der Waals surface area contributed by atoms with E-state index in [2.05, 4.69) is 21.2 Å². The number of hydrogen-bond acceptors (Lipinski definition) is 5. The third kappa shape index (κ3) is 7.12. The van der Waals surface area contributed by atoms with Crippen LogP contribution < -0.4 is 19.5 Å². The number of halogens is 1. The van der Waals surface area contributed by atoms with E-state index >= 15 is 0 Å². The number of carbonyl (C=O) groups is 1. The molecular weight excluding hydrogens is 496 g/mol. The number of ether oxygens (including phenoxy) is 3. The number of methoxy groups -OCH3 is 1. The van der Waals surface area contributed by atoms with Crippen molar-refractivity contribution in [3.8, 4) is 23.3 Å². The number of nitrogens with zero attached hydrogens (tertiary/aromatic N) is 1. The van der Waals surface area contributed by atoms with Crippen LogP contribution in [0.3, 0.4) is 0 Å². The van der Waals surface area contributed by atoms with Crippen molar-refractivity contribution in [2.45, 2.75) is 26.6 Å². The summed E-state index contributed by atoms with van der Waals surface area (Å²) in [6.07, 6.45) is 1.42. The summed E-state index contributed by atoms with van der Waals surface area (Å²) in [7, 11) is 1.56. The molecule has 0 atom stereocenters. The number of benzene rings is 3. The van der Waals surface area contributed by atoms with Crippen LogP contribution in [0.15, 0.2) is 76.8 Å². The van der Waals surface area contributed by atoms with Gasteiger partial charge in [-0.05, 0) is 74.0 Å². The maximum atomic E-state index is 12.7. The molecule has 0 saturated carbocycles. The van der Waals surface area contributed by atoms with Gasteiger partial charge in [-0.2, -0.15) is 5.26 Å². The standard InChI is InChI=1S/C27H25BrN2O4/c1-18(2)34-26-15-25(32-3)11-6-20(26)14-21(16-29)27(31)30-23-9-12-24(13-10-23)33-17-19-4-7-22(28)8-5-19/h4-15,18H,17H2,1-3H3,(H,30,31)/b21-14+. The van der Waals surface area contributed by atoms with Crippen LogP contribution in [0.4, 0.5) is 5.69 Å². The number of amides is 1. The van der Waals surface area contributed by atoms with Crippen LogP contribution >= 0.6 is 15.9 Å². The van der Waals surface area contributed by atoms with Crippen molar-refractivity contribution in [3.63, 3.8) is 0 Å². The Morgan fingerprint density at radius 2 is 1.74 bits per heavy atom. The molecule has 0 saturated heterocycles. The molecule has 0 fully saturated rings. The van der Waals surface area contributed by atoms with E-state index in [1.54, 1.807) is 49.6 Å². The second kappa shape index (κ2) is 11.9. The van der Waals surface area contributed by atoms with Gasteiger partial charge in [0.25, 0.3) is 5.91 Å². The van der Waals surface area contributed by atoms with Crippen molar-refractivity contribution < 1.29 is 19.0 Å². The van der Waals surface area contributed by atoms with Gasteiger partial charge in [0, 0.05) is 21.8 Å². The monoisotopic (exact) mass is 520 g/mol. The Balaban J connectivity index is 1.68. The highest BCUT2D eigenvalue weighted by molar-refractivity contribution is 9.10. The molecule has 0 aliphatic carbocycles. The number of nitriles is 1. The summed E-state index contributed by atoms with van der Waals surface area (Å²) in [5.41, 5.74) is 2.16. The molecular formula is C27H25BrN2O4. The SMILES string of the molecule is COc1ccc(/C=C(\C#N)C(=O)Nc2ccc(OCc3ccc(Br)cc3)cc2)c(OC(C)C)c1. The topological polar surface area (TPSA) is 80.6 Å². The number of hydrogen-bond donors (Lipinski definition) is 1. The Labute approximate surface area is 207 Å². The summed E-state index contributed by atoms with van der Waals surface area (Å²) < 4.78 is 17.9. The van der Waals surface area contributed by atoms with Crippen LogP contribution in [0, 0.1) is 11.3 Å². The largest absolute Gasteiger partial charge is 0.497 e. The maximum absolute atomic E-state index is 12.7. The molecule has 7 heteroatoms. The van der Waals surface area contributed by atoms with E-state index in [-0.39, 0.29) is 11.7 Å². The predicted molar refractivity (Wildman–Crippen MR) is 136 cm³/mol.